The molecule has 0 aliphatic carbocycles. The van der Waals surface area contributed by atoms with Gasteiger partial charge in [-0.3, -0.25) is 9.59 Å². The molecule has 0 aromatic rings. The van der Waals surface area contributed by atoms with Crippen LogP contribution in [0.1, 0.15) is 316 Å². The first kappa shape index (κ1) is 94.2. The summed E-state index contributed by atoms with van der Waals surface area (Å²) >= 11 is 0. The lowest BCUT2D eigenvalue weighted by atomic mass is 9.88. The lowest BCUT2D eigenvalue weighted by Gasteiger charge is -2.50. The third kappa shape index (κ3) is 39.2. The maximum Gasteiger partial charge on any atom is 0.364 e. The fourth-order valence-electron chi connectivity index (χ4n) is 14.1. The number of allylic oxidation sites excluding steroid dienone is 5. The summed E-state index contributed by atoms with van der Waals surface area (Å²) in [6.07, 6.45) is 37.5. The normalized spacial score (nSPS) is 26.7. The predicted octanol–water partition coefficient (Wildman–Crippen LogP) is 10.9. The number of ether oxygens (including phenoxy) is 6. The van der Waals surface area contributed by atoms with E-state index in [1.165, 1.54) is 212 Å². The van der Waals surface area contributed by atoms with Crippen molar-refractivity contribution < 1.29 is 104 Å². The summed E-state index contributed by atoms with van der Waals surface area (Å²) in [7, 11) is 0. The van der Waals surface area contributed by atoms with Crippen molar-refractivity contribution in [3.8, 4) is 0 Å². The minimum Gasteiger partial charge on any atom is -0.477 e. The number of carboxylic acids is 1. The highest BCUT2D eigenvalue weighted by molar-refractivity contribution is 5.77. The Labute approximate surface area is 618 Å². The van der Waals surface area contributed by atoms with Gasteiger partial charge < -0.3 is 100 Å². The highest BCUT2D eigenvalue weighted by Gasteiger charge is 2.60. The summed E-state index contributed by atoms with van der Waals surface area (Å²) in [5.74, 6) is -6.14. The minimum atomic E-state index is -3.08. The molecule has 3 heterocycles. The lowest BCUT2D eigenvalue weighted by Crippen LogP contribution is -2.70. The topological polar surface area (TPSA) is 373 Å². The Balaban J connectivity index is 1.51. The van der Waals surface area contributed by atoms with Gasteiger partial charge in [-0.15, -0.1) is 0 Å². The quantitative estimate of drug-likeness (QED) is 0.0199. The molecule has 3 saturated heterocycles. The van der Waals surface area contributed by atoms with Gasteiger partial charge in [0.15, 0.2) is 12.6 Å². The van der Waals surface area contributed by atoms with E-state index < -0.39 is 155 Å². The molecule has 18 atom stereocenters. The molecule has 0 saturated carbocycles. The van der Waals surface area contributed by atoms with Gasteiger partial charge in [-0.25, -0.2) is 4.79 Å². The van der Waals surface area contributed by atoms with Crippen LogP contribution in [-0.2, 0) is 42.8 Å². The molecule has 3 aliphatic rings. The standard InChI is InChI=1S/C80H146N2O21/c1-4-6-8-10-12-14-16-18-20-22-24-26-27-28-29-30-31-32-33-34-36-38-40-42-44-46-48-50-52-54-67(90)82-61(62(87)53-51-49-47-45-43-41-39-37-35-25-23-21-19-17-15-13-11-9-7-5-2)59-98-77-72(94)71(93)74(66(58-85)100-77)101-78-73(95)76(70(92)65(57-84)99-78)103-80(79(96)97)55-63(88)68(81-60(3)86)75(102-80)69(91)64(89)56-83/h24,26,28-29,51,53,61-66,68-78,83-85,87-89,91-95H,4-23,25,27,30-50,52,54-59H2,1-3H3,(H,81,86)(H,82,90)(H,96,97)/b26-24-,29-28-,53-51+. The summed E-state index contributed by atoms with van der Waals surface area (Å²) in [6.45, 7) is 2.18. The summed E-state index contributed by atoms with van der Waals surface area (Å²) in [4.78, 5) is 38.7. The first-order chi connectivity index (χ1) is 49.9. The number of carboxylic acid groups (broad SMARTS) is 1. The summed E-state index contributed by atoms with van der Waals surface area (Å²) in [6, 6.07) is -2.62. The smallest absolute Gasteiger partial charge is 0.364 e. The van der Waals surface area contributed by atoms with Crippen LogP contribution in [0.3, 0.4) is 0 Å². The van der Waals surface area contributed by atoms with Gasteiger partial charge in [-0.2, -0.15) is 0 Å². The average molecular weight is 1470 g/mol. The molecule has 3 aliphatic heterocycles. The highest BCUT2D eigenvalue weighted by Crippen LogP contribution is 2.39. The molecule has 2 amide bonds. The third-order valence-corrected chi connectivity index (χ3v) is 20.6. The summed E-state index contributed by atoms with van der Waals surface area (Å²) in [5, 5.41) is 136. The Morgan fingerprint density at radius 2 is 0.942 bits per heavy atom. The highest BCUT2D eigenvalue weighted by atomic mass is 16.8. The number of carbonyl (C=O) groups is 3. The van der Waals surface area contributed by atoms with Crippen molar-refractivity contribution in [2.75, 3.05) is 26.4 Å². The second-order valence-electron chi connectivity index (χ2n) is 29.6. The van der Waals surface area contributed by atoms with Crippen molar-refractivity contribution >= 4 is 17.8 Å². The van der Waals surface area contributed by atoms with Crippen molar-refractivity contribution in [1.29, 1.82) is 0 Å². The van der Waals surface area contributed by atoms with Crippen LogP contribution in [0.15, 0.2) is 36.5 Å². The number of amides is 2. The van der Waals surface area contributed by atoms with Gasteiger partial charge in [-0.05, 0) is 51.4 Å². The van der Waals surface area contributed by atoms with Crippen LogP contribution >= 0.6 is 0 Å². The third-order valence-electron chi connectivity index (χ3n) is 20.6. The van der Waals surface area contributed by atoms with Gasteiger partial charge in [-0.1, -0.05) is 281 Å². The van der Waals surface area contributed by atoms with Crippen LogP contribution in [-0.4, -0.2) is 215 Å². The van der Waals surface area contributed by atoms with E-state index >= 15 is 0 Å². The van der Waals surface area contributed by atoms with Crippen LogP contribution in [0.4, 0.5) is 0 Å². The molecule has 0 spiro atoms. The number of hydrogen-bond acceptors (Lipinski definition) is 20. The minimum absolute atomic E-state index is 0.200. The number of carbonyl (C=O) groups excluding carboxylic acids is 2. The zero-order chi connectivity index (χ0) is 75.3. The Bertz CT molecular complexity index is 2200. The van der Waals surface area contributed by atoms with Gasteiger partial charge >= 0.3 is 5.97 Å². The first-order valence-electron chi connectivity index (χ1n) is 40.9. The van der Waals surface area contributed by atoms with Crippen molar-refractivity contribution in [3.63, 3.8) is 0 Å². The molecular formula is C80H146N2O21. The van der Waals surface area contributed by atoms with Gasteiger partial charge in [0.25, 0.3) is 5.79 Å². The molecule has 0 aromatic carbocycles. The van der Waals surface area contributed by atoms with Crippen LogP contribution in [0.5, 0.6) is 0 Å². The van der Waals surface area contributed by atoms with E-state index in [0.717, 1.165) is 64.7 Å². The van der Waals surface area contributed by atoms with E-state index in [4.69, 9.17) is 28.4 Å². The molecule has 0 radical (unpaired) electrons. The van der Waals surface area contributed by atoms with Gasteiger partial charge in [0.1, 0.15) is 67.1 Å². The Hall–Kier alpha value is -3.05. The van der Waals surface area contributed by atoms with E-state index in [9.17, 15) is 75.7 Å². The molecule has 3 fully saturated rings. The molecule has 18 unspecified atom stereocenters. The van der Waals surface area contributed by atoms with Gasteiger partial charge in [0, 0.05) is 19.8 Å². The fourth-order valence-corrected chi connectivity index (χ4v) is 14.1. The van der Waals surface area contributed by atoms with E-state index in [0.29, 0.717) is 12.8 Å². The summed E-state index contributed by atoms with van der Waals surface area (Å²) < 4.78 is 34.9. The molecular weight excluding hydrogens is 1320 g/mol. The Morgan fingerprint density at radius 1 is 0.515 bits per heavy atom. The van der Waals surface area contributed by atoms with E-state index in [1.807, 2.05) is 6.08 Å². The van der Waals surface area contributed by atoms with E-state index in [1.54, 1.807) is 6.08 Å². The zero-order valence-corrected chi connectivity index (χ0v) is 63.7. The molecule has 602 valence electrons. The average Bonchev–Trinajstić information content (AvgIpc) is 0.755. The first-order valence-corrected chi connectivity index (χ1v) is 40.9. The second kappa shape index (κ2) is 58.9. The monoisotopic (exact) mass is 1470 g/mol. The molecule has 23 nitrogen and oxygen atoms in total. The number of nitrogens with one attached hydrogen (secondary N) is 2. The molecule has 23 heteroatoms. The summed E-state index contributed by atoms with van der Waals surface area (Å²) in [5.41, 5.74) is 0. The second-order valence-corrected chi connectivity index (χ2v) is 29.6. The van der Waals surface area contributed by atoms with Crippen molar-refractivity contribution in [2.24, 2.45) is 0 Å². The maximum absolute atomic E-state index is 13.5. The van der Waals surface area contributed by atoms with Crippen LogP contribution in [0, 0.1) is 0 Å². The number of hydrogen-bond donors (Lipinski definition) is 14. The van der Waals surface area contributed by atoms with Gasteiger partial charge in [0.05, 0.1) is 50.7 Å². The molecule has 3 rings (SSSR count). The lowest BCUT2D eigenvalue weighted by molar-refractivity contribution is -0.386. The van der Waals surface area contributed by atoms with E-state index in [-0.39, 0.29) is 12.3 Å². The molecule has 14 N–H and O–H groups in total. The van der Waals surface area contributed by atoms with Crippen molar-refractivity contribution in [1.82, 2.24) is 10.6 Å². The van der Waals surface area contributed by atoms with Crippen molar-refractivity contribution in [2.45, 2.75) is 426 Å². The number of rotatable bonds is 64. The Morgan fingerprint density at radius 3 is 1.37 bits per heavy atom. The van der Waals surface area contributed by atoms with Crippen LogP contribution < -0.4 is 10.6 Å². The molecule has 0 aromatic heterocycles. The maximum atomic E-state index is 13.5. The number of unbranched alkanes of at least 4 members (excludes halogenated alkanes) is 40. The van der Waals surface area contributed by atoms with E-state index in [2.05, 4.69) is 48.8 Å². The predicted molar refractivity (Wildman–Crippen MR) is 398 cm³/mol. The van der Waals surface area contributed by atoms with Crippen LogP contribution in [0.2, 0.25) is 0 Å². The molecule has 103 heavy (non-hydrogen) atoms. The Kier molecular flexibility index (Phi) is 53.8. The van der Waals surface area contributed by atoms with Gasteiger partial charge in [0.2, 0.25) is 11.8 Å². The largest absolute Gasteiger partial charge is 0.477 e. The number of aliphatic hydroxyl groups excluding tert-OH is 11. The van der Waals surface area contributed by atoms with Crippen molar-refractivity contribution in [3.05, 3.63) is 36.5 Å². The zero-order valence-electron chi connectivity index (χ0n) is 63.7. The number of aliphatic carboxylic acids is 1. The molecule has 0 bridgehead atoms. The van der Waals surface area contributed by atoms with Crippen LogP contribution in [0.25, 0.3) is 0 Å². The SMILES string of the molecule is CCCCCCCCCCC/C=C\C/C=C\CCCCCCCCCCCCCCCC(=O)NC(COC1OC(CO)C(OC2OC(CO)C(O)C(OC3(C(=O)O)CC(O)C(NC(C)=O)C(C(O)C(O)CO)O3)C2O)C(O)C1O)C(O)/C=C/CCCCCCCCCCCCCCCCCCCC. The number of aliphatic hydroxyl groups is 11. The fraction of sp³-hybridized carbons (Fsp3) is 0.887.